The van der Waals surface area contributed by atoms with Gasteiger partial charge in [0.2, 0.25) is 11.2 Å². The molecule has 184 valence electrons. The van der Waals surface area contributed by atoms with Crippen LogP contribution in [0, 0.1) is 11.2 Å². The van der Waals surface area contributed by atoms with Crippen molar-refractivity contribution in [3.05, 3.63) is 51.7 Å². The van der Waals surface area contributed by atoms with E-state index in [1.54, 1.807) is 0 Å². The lowest BCUT2D eigenvalue weighted by atomic mass is 9.80. The summed E-state index contributed by atoms with van der Waals surface area (Å²) >= 11 is 5.87. The smallest absolute Gasteiger partial charge is 0.266 e. The first-order valence-corrected chi connectivity index (χ1v) is 11.5. The Morgan fingerprint density at radius 1 is 1.32 bits per heavy atom. The quantitative estimate of drug-likeness (QED) is 0.593. The van der Waals surface area contributed by atoms with E-state index in [-0.39, 0.29) is 28.7 Å². The number of hydrogen-bond acceptors (Lipinski definition) is 6. The Morgan fingerprint density at radius 2 is 2.06 bits per heavy atom. The number of nitrogens with zero attached hydrogens (tertiary/aromatic N) is 3. The largest absolute Gasteiger partial charge is 0.378 e. The predicted molar refractivity (Wildman–Crippen MR) is 121 cm³/mol. The molecule has 0 spiro atoms. The fourth-order valence-electron chi connectivity index (χ4n) is 4.33. The number of nitrogens with one attached hydrogen (secondary N) is 1. The van der Waals surface area contributed by atoms with Crippen molar-refractivity contribution in [2.75, 3.05) is 31.6 Å². The van der Waals surface area contributed by atoms with Crippen LogP contribution in [-0.4, -0.2) is 53.1 Å². The number of alkyl halides is 2. The molecule has 34 heavy (non-hydrogen) atoms. The van der Waals surface area contributed by atoms with Crippen LogP contribution in [0.5, 0.6) is 0 Å². The Bertz CT molecular complexity index is 1060. The van der Waals surface area contributed by atoms with Crippen molar-refractivity contribution in [3.8, 4) is 0 Å². The maximum absolute atomic E-state index is 14.0. The van der Waals surface area contributed by atoms with Gasteiger partial charge in [-0.3, -0.25) is 9.69 Å². The lowest BCUT2D eigenvalue weighted by Gasteiger charge is -2.51. The van der Waals surface area contributed by atoms with Gasteiger partial charge in [-0.1, -0.05) is 18.2 Å². The number of fused-ring (bicyclic) bond motifs is 1. The second-order valence-electron chi connectivity index (χ2n) is 9.12. The molecule has 3 N–H and O–H groups in total. The summed E-state index contributed by atoms with van der Waals surface area (Å²) in [5.41, 5.74) is 6.41. The third-order valence-electron chi connectivity index (χ3n) is 6.53. The number of nitrogens with two attached hydrogens (primary N) is 1. The van der Waals surface area contributed by atoms with Crippen molar-refractivity contribution in [1.29, 1.82) is 0 Å². The number of benzene rings is 1. The highest BCUT2D eigenvalue weighted by molar-refractivity contribution is 6.28. The van der Waals surface area contributed by atoms with Gasteiger partial charge < -0.3 is 15.8 Å². The fourth-order valence-corrected chi connectivity index (χ4v) is 4.52. The molecule has 0 unspecified atom stereocenters. The molecule has 2 aliphatic heterocycles. The molecule has 0 saturated carbocycles. The van der Waals surface area contributed by atoms with E-state index in [4.69, 9.17) is 22.1 Å². The lowest BCUT2D eigenvalue weighted by Crippen LogP contribution is -2.67. The van der Waals surface area contributed by atoms with E-state index >= 15 is 0 Å². The summed E-state index contributed by atoms with van der Waals surface area (Å²) < 4.78 is 44.5. The third kappa shape index (κ3) is 5.13. The van der Waals surface area contributed by atoms with Crippen LogP contribution < -0.4 is 11.1 Å². The van der Waals surface area contributed by atoms with Crippen molar-refractivity contribution >= 4 is 23.3 Å². The van der Waals surface area contributed by atoms with Crippen molar-refractivity contribution in [3.63, 3.8) is 0 Å². The van der Waals surface area contributed by atoms with Crippen LogP contribution in [0.3, 0.4) is 0 Å². The number of aromatic nitrogens is 2. The standard InChI is InChI=1S/C15H13ClF3N3.C8H14N2O2/c16-15-21-11-6-2-4-9(11)14(22-15)20-7-8-3-1-5-10(12(8)17)13(18)19;1-8(7(9)11)4-10(5-8)6-2-12-3-6/h1,3,5,13H,2,4,6-7H2,(H,20,21,22);6H,2-5H2,1H3,(H2,9,11). The number of aryl methyl sites for hydroxylation is 1. The maximum atomic E-state index is 14.0. The summed E-state index contributed by atoms with van der Waals surface area (Å²) in [6, 6.07) is 4.51. The molecular weight excluding hydrogens is 471 g/mol. The Labute approximate surface area is 200 Å². The molecule has 5 rings (SSSR count). The first-order valence-electron chi connectivity index (χ1n) is 11.1. The van der Waals surface area contributed by atoms with E-state index in [1.165, 1.54) is 12.1 Å². The van der Waals surface area contributed by atoms with Crippen LogP contribution in [0.1, 0.15) is 42.2 Å². The highest BCUT2D eigenvalue weighted by Gasteiger charge is 2.47. The Balaban J connectivity index is 0.000000192. The molecule has 2 saturated heterocycles. The van der Waals surface area contributed by atoms with E-state index in [0.717, 1.165) is 62.9 Å². The van der Waals surface area contributed by atoms with Crippen molar-refractivity contribution in [1.82, 2.24) is 14.9 Å². The van der Waals surface area contributed by atoms with Crippen LogP contribution in [0.2, 0.25) is 5.28 Å². The fraction of sp³-hybridized carbons (Fsp3) is 0.522. The van der Waals surface area contributed by atoms with Crippen LogP contribution in [-0.2, 0) is 28.9 Å². The average Bonchev–Trinajstić information content (AvgIpc) is 3.19. The van der Waals surface area contributed by atoms with Crippen molar-refractivity contribution < 1.29 is 22.7 Å². The van der Waals surface area contributed by atoms with Gasteiger partial charge in [-0.25, -0.2) is 23.1 Å². The SMILES string of the molecule is CC1(C(N)=O)CN(C2COC2)C1.Fc1c(CNc2nc(Cl)nc3c2CCC3)cccc1C(F)F. The molecular formula is C23H27ClF3N5O2. The van der Waals surface area contributed by atoms with Crippen LogP contribution in [0.4, 0.5) is 19.0 Å². The van der Waals surface area contributed by atoms with E-state index in [2.05, 4.69) is 20.2 Å². The molecule has 0 atom stereocenters. The van der Waals surface area contributed by atoms with Gasteiger partial charge >= 0.3 is 0 Å². The number of amides is 1. The molecule has 1 aromatic carbocycles. The van der Waals surface area contributed by atoms with Crippen molar-refractivity contribution in [2.45, 2.75) is 45.2 Å². The summed E-state index contributed by atoms with van der Waals surface area (Å²) in [6.07, 6.45) is -0.206. The van der Waals surface area contributed by atoms with Gasteiger partial charge in [0.15, 0.2) is 0 Å². The second kappa shape index (κ2) is 10.1. The van der Waals surface area contributed by atoms with Gasteiger partial charge in [0.1, 0.15) is 11.6 Å². The second-order valence-corrected chi connectivity index (χ2v) is 9.45. The van der Waals surface area contributed by atoms with Gasteiger partial charge in [0.25, 0.3) is 6.43 Å². The first-order chi connectivity index (χ1) is 16.2. The van der Waals surface area contributed by atoms with Crippen LogP contribution >= 0.6 is 11.6 Å². The third-order valence-corrected chi connectivity index (χ3v) is 6.70. The molecule has 3 aliphatic rings. The molecule has 0 radical (unpaired) electrons. The summed E-state index contributed by atoms with van der Waals surface area (Å²) in [6.45, 7) is 5.22. The number of primary amides is 1. The highest BCUT2D eigenvalue weighted by Crippen LogP contribution is 2.33. The highest BCUT2D eigenvalue weighted by atomic mass is 35.5. The molecule has 1 aliphatic carbocycles. The Kier molecular flexibility index (Phi) is 7.30. The Morgan fingerprint density at radius 3 is 2.68 bits per heavy atom. The van der Waals surface area contributed by atoms with Crippen LogP contribution in [0.15, 0.2) is 18.2 Å². The van der Waals surface area contributed by atoms with Gasteiger partial charge in [-0.05, 0) is 37.8 Å². The minimum absolute atomic E-state index is 0.0617. The molecule has 0 bridgehead atoms. The molecule has 1 aromatic heterocycles. The summed E-state index contributed by atoms with van der Waals surface area (Å²) in [7, 11) is 0. The van der Waals surface area contributed by atoms with Gasteiger partial charge in [-0.15, -0.1) is 0 Å². The average molecular weight is 498 g/mol. The zero-order chi connectivity index (χ0) is 24.5. The maximum Gasteiger partial charge on any atom is 0.266 e. The van der Waals surface area contributed by atoms with Gasteiger partial charge in [-0.2, -0.15) is 0 Å². The van der Waals surface area contributed by atoms with E-state index < -0.39 is 17.8 Å². The van der Waals surface area contributed by atoms with Crippen LogP contribution in [0.25, 0.3) is 0 Å². The predicted octanol–water partition coefficient (Wildman–Crippen LogP) is 3.50. The lowest BCUT2D eigenvalue weighted by molar-refractivity contribution is -0.153. The molecule has 7 nitrogen and oxygen atoms in total. The normalized spacial score (nSPS) is 19.0. The number of hydrogen-bond donors (Lipinski definition) is 2. The topological polar surface area (TPSA) is 93.4 Å². The number of likely N-dealkylation sites (tertiary alicyclic amines) is 1. The van der Waals surface area contributed by atoms with Gasteiger partial charge in [0, 0.05) is 30.8 Å². The summed E-state index contributed by atoms with van der Waals surface area (Å²) in [5, 5.41) is 3.12. The monoisotopic (exact) mass is 497 g/mol. The number of ether oxygens (including phenoxy) is 1. The van der Waals surface area contributed by atoms with E-state index in [1.807, 2.05) is 6.92 Å². The van der Waals surface area contributed by atoms with E-state index in [0.29, 0.717) is 11.9 Å². The summed E-state index contributed by atoms with van der Waals surface area (Å²) in [4.78, 5) is 21.5. The first kappa shape index (κ1) is 24.7. The Hall–Kier alpha value is -2.43. The number of anilines is 1. The zero-order valence-electron chi connectivity index (χ0n) is 18.8. The number of carbonyl (C=O) groups excluding carboxylic acids is 1. The minimum atomic E-state index is -2.84. The molecule has 3 heterocycles. The molecule has 1 amide bonds. The van der Waals surface area contributed by atoms with Crippen molar-refractivity contribution in [2.24, 2.45) is 11.1 Å². The minimum Gasteiger partial charge on any atom is -0.378 e. The summed E-state index contributed by atoms with van der Waals surface area (Å²) in [5.74, 6) is -0.518. The van der Waals surface area contributed by atoms with E-state index in [9.17, 15) is 18.0 Å². The zero-order valence-corrected chi connectivity index (χ0v) is 19.5. The molecule has 2 fully saturated rings. The number of rotatable bonds is 6. The molecule has 11 heteroatoms. The molecule has 2 aromatic rings. The number of halogens is 4. The number of carbonyl (C=O) groups is 1. The van der Waals surface area contributed by atoms with Gasteiger partial charge in [0.05, 0.1) is 35.9 Å².